The van der Waals surface area contributed by atoms with Crippen molar-refractivity contribution in [1.82, 2.24) is 15.7 Å². The van der Waals surface area contributed by atoms with Gasteiger partial charge in [0.1, 0.15) is 65.9 Å². The zero-order valence-electron chi connectivity index (χ0n) is 37.8. The van der Waals surface area contributed by atoms with Crippen LogP contribution in [0.3, 0.4) is 0 Å². The van der Waals surface area contributed by atoms with Gasteiger partial charge in [0.2, 0.25) is 11.8 Å². The van der Waals surface area contributed by atoms with Crippen LogP contribution in [0.2, 0.25) is 0 Å². The number of carbonyl (C=O) groups is 4. The highest BCUT2D eigenvalue weighted by atomic mass is 16.8. The van der Waals surface area contributed by atoms with Crippen LogP contribution in [0.5, 0.6) is 0 Å². The fraction of sp³-hybridized carbons (Fsp3) is 0.617. The van der Waals surface area contributed by atoms with Crippen LogP contribution in [-0.2, 0) is 71.8 Å². The molecule has 6 aliphatic rings. The lowest BCUT2D eigenvalue weighted by Gasteiger charge is -2.49. The number of fused-ring (bicyclic) bond motifs is 5. The van der Waals surface area contributed by atoms with Crippen LogP contribution in [0.1, 0.15) is 69.2 Å². The van der Waals surface area contributed by atoms with Crippen molar-refractivity contribution >= 4 is 29.8 Å². The predicted octanol–water partition coefficient (Wildman–Crippen LogP) is -0.940. The molecule has 2 aliphatic carbocycles. The Hall–Kier alpha value is -4.42. The van der Waals surface area contributed by atoms with Gasteiger partial charge in [-0.05, 0) is 56.4 Å². The van der Waals surface area contributed by atoms with Crippen molar-refractivity contribution in [2.45, 2.75) is 157 Å². The molecule has 366 valence electrons. The number of nitrogens with one attached hydrogen (secondary N) is 2. The average Bonchev–Trinajstić information content (AvgIpc) is 3.96. The molecule has 0 radical (unpaired) electrons. The first kappa shape index (κ1) is 49.0. The van der Waals surface area contributed by atoms with Crippen molar-refractivity contribution in [3.63, 3.8) is 0 Å². The Balaban J connectivity index is 1.05. The first-order valence-corrected chi connectivity index (χ1v) is 22.7. The van der Waals surface area contributed by atoms with Gasteiger partial charge in [-0.15, -0.1) is 0 Å². The van der Waals surface area contributed by atoms with E-state index in [2.05, 4.69) is 10.6 Å². The van der Waals surface area contributed by atoms with E-state index in [9.17, 15) is 45.0 Å². The number of nitrogens with zero attached hydrogens (tertiary/aromatic N) is 1. The first-order valence-electron chi connectivity index (χ1n) is 22.7. The van der Waals surface area contributed by atoms with E-state index in [0.29, 0.717) is 24.0 Å². The molecule has 5 fully saturated rings. The number of ether oxygens (including phenoxy) is 6. The van der Waals surface area contributed by atoms with Crippen molar-refractivity contribution in [2.24, 2.45) is 5.41 Å². The third-order valence-electron chi connectivity index (χ3n) is 13.3. The largest absolute Gasteiger partial charge is 0.460 e. The Bertz CT molecular complexity index is 2160. The molecule has 4 saturated heterocycles. The Morgan fingerprint density at radius 1 is 0.955 bits per heavy atom. The van der Waals surface area contributed by atoms with Crippen molar-refractivity contribution in [1.29, 1.82) is 0 Å². The second-order valence-electron chi connectivity index (χ2n) is 19.3. The summed E-state index contributed by atoms with van der Waals surface area (Å²) in [6.07, 6.45) is -8.59. The molecule has 2 aromatic carbocycles. The maximum Gasteiger partial charge on any atom is 0.327 e. The summed E-state index contributed by atoms with van der Waals surface area (Å²) >= 11 is 0. The summed E-state index contributed by atoms with van der Waals surface area (Å²) in [5, 5.41) is 68.1. The number of rotatable bonds is 16. The molecule has 20 nitrogen and oxygen atoms in total. The summed E-state index contributed by atoms with van der Waals surface area (Å²) in [6, 6.07) is 11.1. The molecular weight excluding hydrogens is 879 g/mol. The minimum Gasteiger partial charge on any atom is -0.460 e. The van der Waals surface area contributed by atoms with Gasteiger partial charge in [-0.25, -0.2) is 0 Å². The van der Waals surface area contributed by atoms with E-state index in [4.69, 9.17) is 33.3 Å². The van der Waals surface area contributed by atoms with Gasteiger partial charge in [0.15, 0.2) is 18.1 Å². The highest BCUT2D eigenvalue weighted by Gasteiger charge is 2.76. The summed E-state index contributed by atoms with van der Waals surface area (Å²) in [5.41, 5.74) is 0.863. The van der Waals surface area contributed by atoms with E-state index in [-0.39, 0.29) is 32.4 Å². The molecule has 20 heteroatoms. The van der Waals surface area contributed by atoms with E-state index >= 15 is 4.79 Å². The van der Waals surface area contributed by atoms with Crippen LogP contribution in [0.25, 0.3) is 6.08 Å². The van der Waals surface area contributed by atoms with Gasteiger partial charge in [0.25, 0.3) is 0 Å². The number of esters is 2. The minimum absolute atomic E-state index is 0.00992. The van der Waals surface area contributed by atoms with Crippen LogP contribution < -0.4 is 10.6 Å². The number of carbonyl (C=O) groups excluding carboxylic acids is 4. The molecule has 2 amide bonds. The summed E-state index contributed by atoms with van der Waals surface area (Å²) in [7, 11) is 0. The molecule has 1 spiro atoms. The molecular formula is C47H61N3O17. The molecule has 4 aliphatic heterocycles. The average molecular weight is 940 g/mol. The van der Waals surface area contributed by atoms with E-state index < -0.39 is 133 Å². The van der Waals surface area contributed by atoms with Crippen molar-refractivity contribution in [3.05, 3.63) is 76.9 Å². The third kappa shape index (κ3) is 9.77. The molecule has 0 aromatic heterocycles. The number of amides is 2. The molecule has 8 N–H and O–H groups in total. The molecule has 4 heterocycles. The van der Waals surface area contributed by atoms with Gasteiger partial charge in [0.05, 0.1) is 38.5 Å². The van der Waals surface area contributed by atoms with Crippen LogP contribution in [0.15, 0.2) is 54.6 Å². The Kier molecular flexibility index (Phi) is 14.3. The second kappa shape index (κ2) is 19.5. The van der Waals surface area contributed by atoms with Crippen LogP contribution in [0.4, 0.5) is 0 Å². The molecule has 2 bridgehead atoms. The Morgan fingerprint density at radius 3 is 2.31 bits per heavy atom. The monoisotopic (exact) mass is 939 g/mol. The van der Waals surface area contributed by atoms with E-state index in [1.54, 1.807) is 57.2 Å². The maximum absolute atomic E-state index is 15.2. The number of hydroxylamine groups is 2. The van der Waals surface area contributed by atoms with Crippen molar-refractivity contribution < 1.29 is 83.1 Å². The molecule has 2 aromatic rings. The standard InChI is InChI=1S/C47H61N3O17/c1-24(53)33(41(58)48-29(22-51)15-16-32(54)64-45(2,3)4)49-44(60)47-20-30-37-38(66-46(65-37)18-26-11-6-7-12-27(26)19-46)40(47)67-50(39(47)42(59)62-30)21-28-13-8-5-10-25(28)14-9-17-61-43-36(57)35(56)34(55)31(23-52)63-43/h5-14,24,29-31,33-40,43,51-53,55-57H,15-23H2,1-4H3,(H,48,58)(H,49,60)/t24-,29-,30+,31+,33+,34-,35-,36+,37-,38-,39-,40+,43-,47-/m0/s1. The number of aliphatic hydroxyl groups is 6. The lowest BCUT2D eigenvalue weighted by atomic mass is 9.62. The highest BCUT2D eigenvalue weighted by molar-refractivity contribution is 5.96. The number of benzene rings is 2. The first-order chi connectivity index (χ1) is 31.9. The van der Waals surface area contributed by atoms with Crippen molar-refractivity contribution in [3.8, 4) is 0 Å². The van der Waals surface area contributed by atoms with Gasteiger partial charge in [0, 0.05) is 25.7 Å². The quantitative estimate of drug-likeness (QED) is 0.0943. The predicted molar refractivity (Wildman–Crippen MR) is 230 cm³/mol. The van der Waals surface area contributed by atoms with Gasteiger partial charge >= 0.3 is 11.9 Å². The SMILES string of the molecule is C[C@H](O)[C@@H](NC(=O)[C@@]12C[C@H]3OC(=O)[C@@H]1N(Cc1ccccc1C=CCO[C@H]1O[C@H](CO)[C@H](O)[C@H](O)[C@H]1O)O[C@@H]2[C@H]1OC2(Cc4ccccc4C2)O[C@H]13)C(=O)N[C@H](CO)CCC(=O)OC(C)(C)C. The smallest absolute Gasteiger partial charge is 0.327 e. The molecule has 0 unspecified atom stereocenters. The van der Waals surface area contributed by atoms with Crippen molar-refractivity contribution in [2.75, 3.05) is 19.8 Å². The number of hydrogen-bond donors (Lipinski definition) is 8. The normalized spacial score (nSPS) is 33.1. The summed E-state index contributed by atoms with van der Waals surface area (Å²) in [4.78, 5) is 62.7. The Labute approximate surface area is 387 Å². The van der Waals surface area contributed by atoms with E-state index in [0.717, 1.165) is 11.1 Å². The zero-order chi connectivity index (χ0) is 48.0. The van der Waals surface area contributed by atoms with Gasteiger partial charge in [-0.1, -0.05) is 60.7 Å². The molecule has 8 rings (SSSR count). The van der Waals surface area contributed by atoms with E-state index in [1.165, 1.54) is 12.0 Å². The highest BCUT2D eigenvalue weighted by Crippen LogP contribution is 2.58. The fourth-order valence-electron chi connectivity index (χ4n) is 10.2. The maximum atomic E-state index is 15.2. The van der Waals surface area contributed by atoms with Gasteiger partial charge in [-0.2, -0.15) is 5.06 Å². The minimum atomic E-state index is -1.74. The second-order valence-corrected chi connectivity index (χ2v) is 19.3. The summed E-state index contributed by atoms with van der Waals surface area (Å²) in [5.74, 6) is -4.06. The molecule has 1 saturated carbocycles. The van der Waals surface area contributed by atoms with Crippen LogP contribution in [-0.4, -0.2) is 170 Å². The van der Waals surface area contributed by atoms with Crippen LogP contribution in [0, 0.1) is 5.41 Å². The Morgan fingerprint density at radius 2 is 1.64 bits per heavy atom. The third-order valence-corrected chi connectivity index (χ3v) is 13.3. The number of hydrogen-bond acceptors (Lipinski definition) is 18. The lowest BCUT2D eigenvalue weighted by Crippen LogP contribution is -2.71. The van der Waals surface area contributed by atoms with Crippen LogP contribution >= 0.6 is 0 Å². The van der Waals surface area contributed by atoms with Gasteiger partial charge in [-0.3, -0.25) is 24.0 Å². The zero-order valence-corrected chi connectivity index (χ0v) is 37.8. The molecule has 67 heavy (non-hydrogen) atoms. The summed E-state index contributed by atoms with van der Waals surface area (Å²) in [6.45, 7) is 5.13. The summed E-state index contributed by atoms with van der Waals surface area (Å²) < 4.78 is 36.1. The van der Waals surface area contributed by atoms with E-state index in [1.807, 2.05) is 24.3 Å². The topological polar surface area (TPSA) is 282 Å². The lowest BCUT2D eigenvalue weighted by molar-refractivity contribution is -0.298. The number of aliphatic hydroxyl groups excluding tert-OH is 6. The fourth-order valence-corrected chi connectivity index (χ4v) is 10.2. The van der Waals surface area contributed by atoms with Gasteiger partial charge < -0.3 is 69.7 Å². The molecule has 14 atom stereocenters.